The Bertz CT molecular complexity index is 696. The Labute approximate surface area is 166 Å². The lowest BCUT2D eigenvalue weighted by molar-refractivity contribution is -0.137. The largest absolute Gasteiger partial charge is 0.491 e. The van der Waals surface area contributed by atoms with E-state index in [-0.39, 0.29) is 25.0 Å². The quantitative estimate of drug-likeness (QED) is 0.446. The monoisotopic (exact) mass is 386 g/mol. The van der Waals surface area contributed by atoms with Gasteiger partial charge in [0, 0.05) is 12.3 Å². The van der Waals surface area contributed by atoms with E-state index < -0.39 is 12.1 Å². The lowest BCUT2D eigenvalue weighted by Gasteiger charge is -2.18. The van der Waals surface area contributed by atoms with Gasteiger partial charge in [0.05, 0.1) is 6.10 Å². The number of para-hydroxylation sites is 1. The van der Waals surface area contributed by atoms with Gasteiger partial charge in [-0.1, -0.05) is 42.0 Å². The van der Waals surface area contributed by atoms with Crippen LogP contribution >= 0.6 is 0 Å². The van der Waals surface area contributed by atoms with E-state index in [1.54, 1.807) is 6.08 Å². The molecule has 5 heteroatoms. The third-order valence-electron chi connectivity index (χ3n) is 5.86. The van der Waals surface area contributed by atoms with E-state index in [9.17, 15) is 15.0 Å². The third-order valence-corrected chi connectivity index (χ3v) is 5.86. The molecule has 0 radical (unpaired) electrons. The highest BCUT2D eigenvalue weighted by atomic mass is 16.5. The van der Waals surface area contributed by atoms with Gasteiger partial charge < -0.3 is 20.1 Å². The molecule has 152 valence electrons. The van der Waals surface area contributed by atoms with Crippen LogP contribution in [0.3, 0.4) is 0 Å². The van der Waals surface area contributed by atoms with Crippen molar-refractivity contribution in [1.82, 2.24) is 0 Å². The first-order valence-electron chi connectivity index (χ1n) is 10.1. The van der Waals surface area contributed by atoms with E-state index in [4.69, 9.17) is 9.84 Å². The second kappa shape index (κ2) is 9.89. The Morgan fingerprint density at radius 3 is 2.79 bits per heavy atom. The zero-order chi connectivity index (χ0) is 19.9. The van der Waals surface area contributed by atoms with Crippen molar-refractivity contribution in [1.29, 1.82) is 0 Å². The molecule has 0 aromatic heterocycles. The summed E-state index contributed by atoms with van der Waals surface area (Å²) in [6.07, 6.45) is 9.27. The number of aliphatic carboxylic acids is 1. The maximum absolute atomic E-state index is 10.6. The molecule has 1 aromatic carbocycles. The Balaban J connectivity index is 1.49. The summed E-state index contributed by atoms with van der Waals surface area (Å²) in [5, 5.41) is 29.3. The smallest absolute Gasteiger partial charge is 0.303 e. The van der Waals surface area contributed by atoms with Gasteiger partial charge in [-0.3, -0.25) is 4.79 Å². The lowest BCUT2D eigenvalue weighted by atomic mass is 9.90. The van der Waals surface area contributed by atoms with Crippen LogP contribution in [-0.4, -0.2) is 40.1 Å². The molecule has 28 heavy (non-hydrogen) atoms. The molecule has 5 atom stereocenters. The van der Waals surface area contributed by atoms with Gasteiger partial charge in [0.1, 0.15) is 18.5 Å². The molecule has 0 spiro atoms. The summed E-state index contributed by atoms with van der Waals surface area (Å²) < 4.78 is 5.57. The summed E-state index contributed by atoms with van der Waals surface area (Å²) in [5.41, 5.74) is 1.39. The SMILES string of the molecule is O=C(O)CCCC=C1C[C@@H]2C[C@@H](O)[C@H](C=C[C@H](O)COc3ccccc3)[C@H]2C1. The van der Waals surface area contributed by atoms with Crippen LogP contribution in [0.5, 0.6) is 5.75 Å². The normalized spacial score (nSPS) is 29.3. The van der Waals surface area contributed by atoms with Gasteiger partial charge >= 0.3 is 5.97 Å². The first kappa shape index (κ1) is 20.6. The highest BCUT2D eigenvalue weighted by Gasteiger charge is 2.44. The summed E-state index contributed by atoms with van der Waals surface area (Å²) in [5.74, 6) is 0.919. The maximum Gasteiger partial charge on any atom is 0.303 e. The molecule has 1 aromatic rings. The number of benzene rings is 1. The maximum atomic E-state index is 10.6. The van der Waals surface area contributed by atoms with Crippen molar-refractivity contribution in [2.45, 2.75) is 50.7 Å². The molecule has 0 unspecified atom stereocenters. The third kappa shape index (κ3) is 5.69. The molecule has 3 N–H and O–H groups in total. The molecule has 0 aliphatic heterocycles. The molecule has 2 fully saturated rings. The Morgan fingerprint density at radius 1 is 1.25 bits per heavy atom. The molecule has 2 aliphatic carbocycles. The fraction of sp³-hybridized carbons (Fsp3) is 0.522. The van der Waals surface area contributed by atoms with Crippen LogP contribution in [0.2, 0.25) is 0 Å². The summed E-state index contributed by atoms with van der Waals surface area (Å²) in [7, 11) is 0. The summed E-state index contributed by atoms with van der Waals surface area (Å²) >= 11 is 0. The van der Waals surface area contributed by atoms with Crippen molar-refractivity contribution in [2.24, 2.45) is 17.8 Å². The number of fused-ring (bicyclic) bond motifs is 1. The minimum absolute atomic E-state index is 0.0568. The van der Waals surface area contributed by atoms with Crippen molar-refractivity contribution >= 4 is 5.97 Å². The van der Waals surface area contributed by atoms with Gasteiger partial charge in [-0.05, 0) is 56.1 Å². The minimum atomic E-state index is -0.746. The van der Waals surface area contributed by atoms with Crippen molar-refractivity contribution in [3.8, 4) is 5.75 Å². The van der Waals surface area contributed by atoms with Crippen LogP contribution in [0.1, 0.15) is 38.5 Å². The van der Waals surface area contributed by atoms with Crippen LogP contribution in [-0.2, 0) is 4.79 Å². The number of hydrogen-bond donors (Lipinski definition) is 3. The van der Waals surface area contributed by atoms with Gasteiger partial charge in [0.15, 0.2) is 0 Å². The minimum Gasteiger partial charge on any atom is -0.491 e. The van der Waals surface area contributed by atoms with Gasteiger partial charge in [0.2, 0.25) is 0 Å². The molecular formula is C23H30O5. The fourth-order valence-electron chi connectivity index (χ4n) is 4.51. The number of allylic oxidation sites excluding steroid dienone is 2. The molecule has 2 saturated carbocycles. The van der Waals surface area contributed by atoms with Crippen LogP contribution in [0.25, 0.3) is 0 Å². The average Bonchev–Trinajstić information content (AvgIpc) is 3.19. The standard InChI is InChI=1S/C23H30O5/c24-18(15-28-19-7-2-1-3-8-19)10-11-20-21-13-16(6-4-5-9-23(26)27)12-17(21)14-22(20)25/h1-3,6-8,10-11,17-18,20-22,24-25H,4-5,9,12-15H2,(H,26,27)/t17-,18+,20-,21+,22-/m1/s1. The Morgan fingerprint density at radius 2 is 2.04 bits per heavy atom. The number of carboxylic acid groups (broad SMARTS) is 1. The van der Waals surface area contributed by atoms with Crippen LogP contribution < -0.4 is 4.74 Å². The zero-order valence-electron chi connectivity index (χ0n) is 16.1. The molecule has 0 saturated heterocycles. The number of carboxylic acids is 1. The number of ether oxygens (including phenoxy) is 1. The number of rotatable bonds is 9. The molecule has 0 bridgehead atoms. The van der Waals surface area contributed by atoms with E-state index in [1.165, 1.54) is 5.57 Å². The highest BCUT2D eigenvalue weighted by molar-refractivity contribution is 5.66. The van der Waals surface area contributed by atoms with Crippen molar-refractivity contribution < 1.29 is 24.9 Å². The van der Waals surface area contributed by atoms with Crippen LogP contribution in [0.15, 0.2) is 54.1 Å². The van der Waals surface area contributed by atoms with Crippen molar-refractivity contribution in [2.75, 3.05) is 6.61 Å². The van der Waals surface area contributed by atoms with Gasteiger partial charge in [0.25, 0.3) is 0 Å². The van der Waals surface area contributed by atoms with Gasteiger partial charge in [-0.15, -0.1) is 0 Å². The second-order valence-electron chi connectivity index (χ2n) is 7.94. The van der Waals surface area contributed by atoms with Crippen LogP contribution in [0.4, 0.5) is 0 Å². The summed E-state index contributed by atoms with van der Waals surface area (Å²) in [6, 6.07) is 9.39. The molecule has 2 aliphatic rings. The predicted molar refractivity (Wildman–Crippen MR) is 107 cm³/mol. The van der Waals surface area contributed by atoms with E-state index in [0.29, 0.717) is 18.3 Å². The lowest BCUT2D eigenvalue weighted by Crippen LogP contribution is -2.19. The number of hydrogen-bond acceptors (Lipinski definition) is 4. The first-order valence-corrected chi connectivity index (χ1v) is 10.1. The Kier molecular flexibility index (Phi) is 7.29. The summed E-state index contributed by atoms with van der Waals surface area (Å²) in [6.45, 7) is 0.187. The van der Waals surface area contributed by atoms with Crippen molar-refractivity contribution in [3.05, 3.63) is 54.1 Å². The second-order valence-corrected chi connectivity index (χ2v) is 7.94. The molecule has 5 nitrogen and oxygen atoms in total. The number of aliphatic hydroxyl groups is 2. The number of unbranched alkanes of at least 4 members (excludes halogenated alkanes) is 1. The molecule has 0 heterocycles. The topological polar surface area (TPSA) is 87.0 Å². The molecule has 0 amide bonds. The zero-order valence-corrected chi connectivity index (χ0v) is 16.1. The van der Waals surface area contributed by atoms with E-state index in [1.807, 2.05) is 36.4 Å². The summed E-state index contributed by atoms with van der Waals surface area (Å²) in [4.78, 5) is 10.6. The van der Waals surface area contributed by atoms with E-state index in [2.05, 4.69) is 6.08 Å². The number of aliphatic hydroxyl groups excluding tert-OH is 2. The first-order chi connectivity index (χ1) is 13.5. The van der Waals surface area contributed by atoms with Crippen LogP contribution in [0, 0.1) is 17.8 Å². The highest BCUT2D eigenvalue weighted by Crippen LogP contribution is 2.50. The average molecular weight is 386 g/mol. The predicted octanol–water partition coefficient (Wildman–Crippen LogP) is 3.57. The van der Waals surface area contributed by atoms with E-state index >= 15 is 0 Å². The molecular weight excluding hydrogens is 356 g/mol. The Hall–Kier alpha value is -2.11. The van der Waals surface area contributed by atoms with Gasteiger partial charge in [-0.25, -0.2) is 0 Å². The fourth-order valence-corrected chi connectivity index (χ4v) is 4.51. The molecule has 3 rings (SSSR count). The van der Waals surface area contributed by atoms with Gasteiger partial charge in [-0.2, -0.15) is 0 Å². The van der Waals surface area contributed by atoms with Crippen molar-refractivity contribution in [3.63, 3.8) is 0 Å². The van der Waals surface area contributed by atoms with E-state index in [0.717, 1.165) is 31.4 Å². The number of carbonyl (C=O) groups is 1.